The number of anilines is 1. The summed E-state index contributed by atoms with van der Waals surface area (Å²) < 4.78 is 4.71. The molecule has 14 heavy (non-hydrogen) atoms. The van der Waals surface area contributed by atoms with E-state index < -0.39 is 5.97 Å². The number of carbonyl (C=O) groups excluding carboxylic acids is 1. The van der Waals surface area contributed by atoms with Gasteiger partial charge in [0.05, 0.1) is 12.3 Å². The Balaban J connectivity index is 3.13. The molecule has 0 aliphatic rings. The van der Waals surface area contributed by atoms with Crippen molar-refractivity contribution in [1.82, 2.24) is 0 Å². The quantitative estimate of drug-likeness (QED) is 0.448. The van der Waals surface area contributed by atoms with E-state index in [2.05, 4.69) is 0 Å². The molecule has 1 rings (SSSR count). The Morgan fingerprint density at radius 1 is 1.64 bits per heavy atom. The molecule has 1 aromatic rings. The molecule has 0 aliphatic heterocycles. The van der Waals surface area contributed by atoms with Crippen molar-refractivity contribution in [3.05, 3.63) is 22.7 Å². The summed E-state index contributed by atoms with van der Waals surface area (Å²) >= 11 is 5.67. The van der Waals surface area contributed by atoms with Crippen molar-refractivity contribution < 1.29 is 14.6 Å². The predicted molar refractivity (Wildman–Crippen MR) is 53.5 cm³/mol. The first-order valence-electron chi connectivity index (χ1n) is 4.01. The van der Waals surface area contributed by atoms with E-state index in [1.807, 2.05) is 0 Å². The molecule has 0 bridgehead atoms. The summed E-state index contributed by atoms with van der Waals surface area (Å²) in [6, 6.07) is 2.67. The van der Waals surface area contributed by atoms with Crippen molar-refractivity contribution in [2.24, 2.45) is 0 Å². The predicted octanol–water partition coefficient (Wildman–Crippen LogP) is 1.80. The van der Waals surface area contributed by atoms with Crippen LogP contribution >= 0.6 is 11.6 Å². The fraction of sp³-hybridized carbons (Fsp3) is 0.222. The first-order valence-corrected chi connectivity index (χ1v) is 4.39. The molecule has 0 heterocycles. The Labute approximate surface area is 86.2 Å². The maximum absolute atomic E-state index is 11.3. The van der Waals surface area contributed by atoms with Crippen molar-refractivity contribution in [2.45, 2.75) is 6.92 Å². The molecule has 1 aromatic carbocycles. The second-order valence-corrected chi connectivity index (χ2v) is 3.05. The van der Waals surface area contributed by atoms with Gasteiger partial charge in [0.1, 0.15) is 5.56 Å². The average molecular weight is 216 g/mol. The van der Waals surface area contributed by atoms with Gasteiger partial charge in [0, 0.05) is 5.02 Å². The molecule has 0 aromatic heterocycles. The average Bonchev–Trinajstić information content (AvgIpc) is 2.11. The molecule has 0 aliphatic carbocycles. The zero-order valence-electron chi connectivity index (χ0n) is 7.58. The molecule has 76 valence electrons. The van der Waals surface area contributed by atoms with E-state index in [-0.39, 0.29) is 28.6 Å². The summed E-state index contributed by atoms with van der Waals surface area (Å²) in [6.45, 7) is 1.90. The molecular weight excluding hydrogens is 206 g/mol. The van der Waals surface area contributed by atoms with Gasteiger partial charge in [-0.05, 0) is 19.1 Å². The van der Waals surface area contributed by atoms with Crippen LogP contribution in [0.5, 0.6) is 5.75 Å². The van der Waals surface area contributed by atoms with Gasteiger partial charge < -0.3 is 15.6 Å². The second-order valence-electron chi connectivity index (χ2n) is 2.61. The Kier molecular flexibility index (Phi) is 3.19. The van der Waals surface area contributed by atoms with Gasteiger partial charge in [-0.3, -0.25) is 0 Å². The van der Waals surface area contributed by atoms with Crippen LogP contribution in [0.3, 0.4) is 0 Å². The number of aromatic hydroxyl groups is 1. The highest BCUT2D eigenvalue weighted by Gasteiger charge is 2.15. The molecule has 5 heteroatoms. The Bertz CT molecular complexity index is 365. The van der Waals surface area contributed by atoms with Gasteiger partial charge in [0.2, 0.25) is 0 Å². The molecule has 3 N–H and O–H groups in total. The maximum Gasteiger partial charge on any atom is 0.342 e. The second kappa shape index (κ2) is 4.19. The zero-order chi connectivity index (χ0) is 10.7. The fourth-order valence-corrected chi connectivity index (χ4v) is 1.21. The van der Waals surface area contributed by atoms with E-state index in [4.69, 9.17) is 22.1 Å². The van der Waals surface area contributed by atoms with Crippen molar-refractivity contribution in [1.29, 1.82) is 0 Å². The normalized spacial score (nSPS) is 9.86. The summed E-state index contributed by atoms with van der Waals surface area (Å²) in [5.74, 6) is -0.938. The largest absolute Gasteiger partial charge is 0.505 e. The van der Waals surface area contributed by atoms with Crippen LogP contribution in [0.2, 0.25) is 5.02 Å². The Morgan fingerprint density at radius 2 is 2.29 bits per heavy atom. The van der Waals surface area contributed by atoms with Gasteiger partial charge in [-0.15, -0.1) is 0 Å². The first kappa shape index (κ1) is 10.7. The van der Waals surface area contributed by atoms with Crippen molar-refractivity contribution in [3.63, 3.8) is 0 Å². The van der Waals surface area contributed by atoms with E-state index in [9.17, 15) is 9.90 Å². The minimum absolute atomic E-state index is 0.0168. The maximum atomic E-state index is 11.3. The number of ether oxygens (including phenoxy) is 1. The minimum atomic E-state index is -0.640. The molecule has 0 unspecified atom stereocenters. The number of nitrogens with two attached hydrogens (primary N) is 1. The van der Waals surface area contributed by atoms with Gasteiger partial charge in [-0.1, -0.05) is 11.6 Å². The highest BCUT2D eigenvalue weighted by atomic mass is 35.5. The standard InChI is InChI=1S/C9H10ClNO3/c1-2-14-9(13)6-3-5(10)4-7(11)8(6)12/h3-4,12H,2,11H2,1H3. The fourth-order valence-electron chi connectivity index (χ4n) is 0.985. The van der Waals surface area contributed by atoms with Crippen LogP contribution in [0.4, 0.5) is 5.69 Å². The number of halogens is 1. The third kappa shape index (κ3) is 2.09. The van der Waals surface area contributed by atoms with E-state index in [1.165, 1.54) is 12.1 Å². The van der Waals surface area contributed by atoms with E-state index in [1.54, 1.807) is 6.92 Å². The molecule has 0 amide bonds. The Hall–Kier alpha value is -1.42. The lowest BCUT2D eigenvalue weighted by Gasteiger charge is -2.06. The van der Waals surface area contributed by atoms with Gasteiger partial charge in [0.15, 0.2) is 5.75 Å². The first-order chi connectivity index (χ1) is 6.56. The molecular formula is C9H10ClNO3. The van der Waals surface area contributed by atoms with Crippen molar-refractivity contribution in [3.8, 4) is 5.75 Å². The van der Waals surface area contributed by atoms with Gasteiger partial charge >= 0.3 is 5.97 Å². The molecule has 4 nitrogen and oxygen atoms in total. The molecule has 0 saturated carbocycles. The number of hydrogen-bond donors (Lipinski definition) is 2. The Morgan fingerprint density at radius 3 is 2.86 bits per heavy atom. The number of esters is 1. The summed E-state index contributed by atoms with van der Waals surface area (Å²) in [5.41, 5.74) is 5.45. The number of benzene rings is 1. The summed E-state index contributed by atoms with van der Waals surface area (Å²) in [7, 11) is 0. The molecule has 0 spiro atoms. The highest BCUT2D eigenvalue weighted by molar-refractivity contribution is 6.31. The van der Waals surface area contributed by atoms with Crippen molar-refractivity contribution >= 4 is 23.3 Å². The van der Waals surface area contributed by atoms with Crippen LogP contribution in [0.1, 0.15) is 17.3 Å². The molecule has 0 radical (unpaired) electrons. The number of hydrogen-bond acceptors (Lipinski definition) is 4. The lowest BCUT2D eigenvalue weighted by molar-refractivity contribution is 0.0523. The summed E-state index contributed by atoms with van der Waals surface area (Å²) in [6.07, 6.45) is 0. The number of nitrogen functional groups attached to an aromatic ring is 1. The van der Waals surface area contributed by atoms with Crippen molar-refractivity contribution in [2.75, 3.05) is 12.3 Å². The topological polar surface area (TPSA) is 72.5 Å². The third-order valence-electron chi connectivity index (χ3n) is 1.60. The summed E-state index contributed by atoms with van der Waals surface area (Å²) in [5, 5.41) is 9.72. The van der Waals surface area contributed by atoms with Crippen LogP contribution in [-0.2, 0) is 4.74 Å². The lowest BCUT2D eigenvalue weighted by atomic mass is 10.2. The molecule has 0 fully saturated rings. The van der Waals surface area contributed by atoms with E-state index in [0.717, 1.165) is 0 Å². The van der Waals surface area contributed by atoms with Gasteiger partial charge in [-0.2, -0.15) is 0 Å². The third-order valence-corrected chi connectivity index (χ3v) is 1.82. The summed E-state index contributed by atoms with van der Waals surface area (Å²) in [4.78, 5) is 11.3. The number of phenolic OH excluding ortho intramolecular Hbond substituents is 1. The number of carbonyl (C=O) groups is 1. The van der Waals surface area contributed by atoms with Crippen LogP contribution in [0.15, 0.2) is 12.1 Å². The van der Waals surface area contributed by atoms with Crippen LogP contribution in [0.25, 0.3) is 0 Å². The highest BCUT2D eigenvalue weighted by Crippen LogP contribution is 2.29. The van der Waals surface area contributed by atoms with Gasteiger partial charge in [-0.25, -0.2) is 4.79 Å². The zero-order valence-corrected chi connectivity index (χ0v) is 8.34. The van der Waals surface area contributed by atoms with E-state index >= 15 is 0 Å². The van der Waals surface area contributed by atoms with Crippen LogP contribution in [-0.4, -0.2) is 17.7 Å². The number of phenols is 1. The minimum Gasteiger partial charge on any atom is -0.505 e. The monoisotopic (exact) mass is 215 g/mol. The molecule has 0 saturated heterocycles. The lowest BCUT2D eigenvalue weighted by Crippen LogP contribution is -2.06. The number of rotatable bonds is 2. The molecule has 0 atom stereocenters. The van der Waals surface area contributed by atoms with Crippen LogP contribution < -0.4 is 5.73 Å². The van der Waals surface area contributed by atoms with E-state index in [0.29, 0.717) is 0 Å². The smallest absolute Gasteiger partial charge is 0.342 e. The van der Waals surface area contributed by atoms with Crippen LogP contribution in [0, 0.1) is 0 Å². The van der Waals surface area contributed by atoms with Gasteiger partial charge in [0.25, 0.3) is 0 Å². The SMILES string of the molecule is CCOC(=O)c1cc(Cl)cc(N)c1O.